The van der Waals surface area contributed by atoms with Gasteiger partial charge in [0, 0.05) is 18.2 Å². The molecule has 0 radical (unpaired) electrons. The largest absolute Gasteiger partial charge is 0.480 e. The number of carbonyl (C=O) groups is 3. The molecule has 1 heterocycles. The van der Waals surface area contributed by atoms with Crippen LogP contribution in [0, 0.1) is 11.3 Å². The van der Waals surface area contributed by atoms with Crippen LogP contribution in [0.15, 0.2) is 0 Å². The number of aliphatic carboxylic acids is 1. The average Bonchev–Trinajstić information content (AvgIpc) is 2.82. The number of thioether (sulfide) groups is 1. The van der Waals surface area contributed by atoms with E-state index in [0.717, 1.165) is 6.42 Å². The van der Waals surface area contributed by atoms with Crippen LogP contribution in [0.5, 0.6) is 0 Å². The summed E-state index contributed by atoms with van der Waals surface area (Å²) in [5.74, 6) is -0.172. The molecule has 0 saturated carbocycles. The summed E-state index contributed by atoms with van der Waals surface area (Å²) in [4.78, 5) is 35.1. The summed E-state index contributed by atoms with van der Waals surface area (Å²) < 4.78 is 0. The Balaban J connectivity index is 2.66. The van der Waals surface area contributed by atoms with Crippen molar-refractivity contribution in [2.75, 3.05) is 5.75 Å². The van der Waals surface area contributed by atoms with Crippen LogP contribution in [-0.4, -0.2) is 46.0 Å². The van der Waals surface area contributed by atoms with Crippen molar-refractivity contribution in [3.8, 4) is 0 Å². The molecule has 0 bridgehead atoms. The van der Waals surface area contributed by atoms with Crippen molar-refractivity contribution < 1.29 is 19.5 Å². The van der Waals surface area contributed by atoms with Crippen molar-refractivity contribution in [3.63, 3.8) is 0 Å². The van der Waals surface area contributed by atoms with Crippen molar-refractivity contribution in [1.29, 1.82) is 0 Å². The molecular formula is C17H30N2O4S. The summed E-state index contributed by atoms with van der Waals surface area (Å²) in [5, 5.41) is 14.6. The lowest BCUT2D eigenvalue weighted by Crippen LogP contribution is -2.47. The zero-order chi connectivity index (χ0) is 18.5. The molecule has 3 atom stereocenters. The van der Waals surface area contributed by atoms with E-state index < -0.39 is 17.3 Å². The monoisotopic (exact) mass is 358 g/mol. The first-order valence-electron chi connectivity index (χ1n) is 8.44. The van der Waals surface area contributed by atoms with Crippen molar-refractivity contribution >= 4 is 29.5 Å². The van der Waals surface area contributed by atoms with Crippen molar-refractivity contribution in [2.24, 2.45) is 11.3 Å². The van der Waals surface area contributed by atoms with Crippen LogP contribution in [0.3, 0.4) is 0 Å². The van der Waals surface area contributed by atoms with Crippen LogP contribution in [0.1, 0.15) is 53.9 Å². The molecule has 6 nitrogen and oxygen atoms in total. The van der Waals surface area contributed by atoms with E-state index in [2.05, 4.69) is 24.5 Å². The van der Waals surface area contributed by atoms with Gasteiger partial charge in [0.1, 0.15) is 11.3 Å². The number of amides is 2. The molecule has 1 unspecified atom stereocenters. The maximum atomic E-state index is 12.3. The Bertz CT molecular complexity index is 474. The second kappa shape index (κ2) is 8.74. The van der Waals surface area contributed by atoms with Crippen LogP contribution < -0.4 is 10.6 Å². The average molecular weight is 359 g/mol. The van der Waals surface area contributed by atoms with E-state index in [1.165, 1.54) is 11.8 Å². The first kappa shape index (κ1) is 20.8. The van der Waals surface area contributed by atoms with Gasteiger partial charge in [0.2, 0.25) is 11.8 Å². The Kier molecular flexibility index (Phi) is 7.57. The summed E-state index contributed by atoms with van der Waals surface area (Å²) in [5.41, 5.74) is -0.359. The molecule has 1 fully saturated rings. The number of hydrogen-bond acceptors (Lipinski definition) is 4. The van der Waals surface area contributed by atoms with Crippen molar-refractivity contribution in [1.82, 2.24) is 10.6 Å². The highest BCUT2D eigenvalue weighted by molar-refractivity contribution is 8.00. The fourth-order valence-corrected chi connectivity index (χ4v) is 4.04. The second-order valence-electron chi connectivity index (χ2n) is 7.91. The zero-order valence-electron chi connectivity index (χ0n) is 15.2. The molecule has 0 spiro atoms. The van der Waals surface area contributed by atoms with Crippen molar-refractivity contribution in [3.05, 3.63) is 0 Å². The molecular weight excluding hydrogens is 328 g/mol. The van der Waals surface area contributed by atoms with Gasteiger partial charge in [-0.25, -0.2) is 0 Å². The highest BCUT2D eigenvalue weighted by atomic mass is 32.2. The van der Waals surface area contributed by atoms with Gasteiger partial charge in [-0.1, -0.05) is 34.6 Å². The molecule has 2 amide bonds. The molecule has 0 aliphatic carbocycles. The molecule has 0 aromatic carbocycles. The van der Waals surface area contributed by atoms with E-state index in [0.29, 0.717) is 24.5 Å². The summed E-state index contributed by atoms with van der Waals surface area (Å²) in [6.07, 6.45) is 1.68. The van der Waals surface area contributed by atoms with E-state index in [4.69, 9.17) is 0 Å². The molecule has 1 aliphatic heterocycles. The molecule has 0 aromatic heterocycles. The van der Waals surface area contributed by atoms with E-state index in [1.54, 1.807) is 0 Å². The number of carbonyl (C=O) groups excluding carboxylic acids is 2. The van der Waals surface area contributed by atoms with Crippen LogP contribution in [0.25, 0.3) is 0 Å². The summed E-state index contributed by atoms with van der Waals surface area (Å²) in [7, 11) is 0. The smallest absolute Gasteiger partial charge is 0.317 e. The molecule has 1 rings (SSSR count). The van der Waals surface area contributed by atoms with Gasteiger partial charge in [0.15, 0.2) is 0 Å². The SMILES string of the molecule is CC(C)C[C@@H](CS[C@H](C(=O)O)C(C)(C)C)NC(=O)C1CCC(=O)N1. The van der Waals surface area contributed by atoms with Crippen LogP contribution in [0.4, 0.5) is 0 Å². The minimum atomic E-state index is -0.829. The number of rotatable bonds is 8. The van der Waals surface area contributed by atoms with Crippen LogP contribution in [-0.2, 0) is 14.4 Å². The minimum Gasteiger partial charge on any atom is -0.480 e. The summed E-state index contributed by atoms with van der Waals surface area (Å²) in [6, 6.07) is -0.570. The van der Waals surface area contributed by atoms with Crippen molar-refractivity contribution in [2.45, 2.75) is 71.2 Å². The second-order valence-corrected chi connectivity index (χ2v) is 9.05. The Labute approximate surface area is 148 Å². The summed E-state index contributed by atoms with van der Waals surface area (Å²) >= 11 is 1.37. The lowest BCUT2D eigenvalue weighted by atomic mass is 9.92. The maximum Gasteiger partial charge on any atom is 0.317 e. The molecule has 7 heteroatoms. The minimum absolute atomic E-state index is 0.0939. The standard InChI is InChI=1S/C17H30N2O4S/c1-10(2)8-11(9-24-14(16(22)23)17(3,4)5)18-15(21)12-6-7-13(20)19-12/h10-12,14H,6-9H2,1-5H3,(H,18,21)(H,19,20)(H,22,23)/t11-,12?,14+/m0/s1. The van der Waals surface area contributed by atoms with Crippen LogP contribution >= 0.6 is 11.8 Å². The zero-order valence-corrected chi connectivity index (χ0v) is 16.0. The Morgan fingerprint density at radius 2 is 2.00 bits per heavy atom. The summed E-state index contributed by atoms with van der Waals surface area (Å²) in [6.45, 7) is 9.86. The molecule has 1 aliphatic rings. The Hall–Kier alpha value is -1.24. The van der Waals surface area contributed by atoms with Gasteiger partial charge in [0.05, 0.1) is 0 Å². The highest BCUT2D eigenvalue weighted by Crippen LogP contribution is 2.31. The third-order valence-electron chi connectivity index (χ3n) is 3.89. The number of carboxylic acids is 1. The molecule has 24 heavy (non-hydrogen) atoms. The Morgan fingerprint density at radius 3 is 2.42 bits per heavy atom. The highest BCUT2D eigenvalue weighted by Gasteiger charge is 2.33. The lowest BCUT2D eigenvalue weighted by molar-refractivity contribution is -0.138. The predicted molar refractivity (Wildman–Crippen MR) is 95.9 cm³/mol. The Morgan fingerprint density at radius 1 is 1.38 bits per heavy atom. The molecule has 0 aromatic rings. The maximum absolute atomic E-state index is 12.3. The van der Waals surface area contributed by atoms with Gasteiger partial charge in [-0.3, -0.25) is 14.4 Å². The van der Waals surface area contributed by atoms with Gasteiger partial charge in [-0.05, 0) is 24.2 Å². The predicted octanol–water partition coefficient (Wildman–Crippen LogP) is 2.03. The van der Waals surface area contributed by atoms with E-state index in [-0.39, 0.29) is 23.3 Å². The van der Waals surface area contributed by atoms with Gasteiger partial charge in [-0.15, -0.1) is 11.8 Å². The lowest BCUT2D eigenvalue weighted by Gasteiger charge is -2.29. The fraction of sp³-hybridized carbons (Fsp3) is 0.824. The third kappa shape index (κ3) is 6.71. The van der Waals surface area contributed by atoms with Gasteiger partial charge < -0.3 is 15.7 Å². The van der Waals surface area contributed by atoms with Gasteiger partial charge in [-0.2, -0.15) is 0 Å². The van der Waals surface area contributed by atoms with E-state index in [9.17, 15) is 19.5 Å². The normalized spacial score (nSPS) is 20.6. The van der Waals surface area contributed by atoms with E-state index >= 15 is 0 Å². The van der Waals surface area contributed by atoms with Gasteiger partial charge in [0.25, 0.3) is 0 Å². The molecule has 138 valence electrons. The fourth-order valence-electron chi connectivity index (χ4n) is 2.75. The molecule has 1 saturated heterocycles. The van der Waals surface area contributed by atoms with Crippen LogP contribution in [0.2, 0.25) is 0 Å². The molecule has 3 N–H and O–H groups in total. The third-order valence-corrected chi connectivity index (χ3v) is 5.73. The van der Waals surface area contributed by atoms with E-state index in [1.807, 2.05) is 20.8 Å². The number of nitrogens with one attached hydrogen (secondary N) is 2. The first-order valence-corrected chi connectivity index (χ1v) is 9.49. The number of hydrogen-bond donors (Lipinski definition) is 3. The van der Waals surface area contributed by atoms with Gasteiger partial charge >= 0.3 is 5.97 Å². The quantitative estimate of drug-likeness (QED) is 0.617. The topological polar surface area (TPSA) is 95.5 Å². The first-order chi connectivity index (χ1) is 11.0. The number of carboxylic acid groups (broad SMARTS) is 1.